The minimum Gasteiger partial charge on any atom is -0.504 e. The van der Waals surface area contributed by atoms with Crippen LogP contribution in [0.4, 0.5) is 0 Å². The van der Waals surface area contributed by atoms with Crippen LogP contribution in [0.3, 0.4) is 0 Å². The second-order valence-corrected chi connectivity index (χ2v) is 7.44. The maximum Gasteiger partial charge on any atom is 0.164 e. The van der Waals surface area contributed by atoms with Crippen LogP contribution in [0.1, 0.15) is 81.7 Å². The van der Waals surface area contributed by atoms with Crippen molar-refractivity contribution in [3.63, 3.8) is 0 Å². The molecule has 126 valence electrons. The van der Waals surface area contributed by atoms with Crippen LogP contribution in [0, 0.1) is 6.92 Å². The van der Waals surface area contributed by atoms with Gasteiger partial charge in [0.2, 0.25) is 0 Å². The highest BCUT2D eigenvalue weighted by atomic mass is 16.3. The Morgan fingerprint density at radius 1 is 0.913 bits per heavy atom. The highest BCUT2D eigenvalue weighted by Gasteiger charge is 2.23. The number of aromatic nitrogens is 2. The molecule has 2 rings (SSSR count). The predicted octanol–water partition coefficient (Wildman–Crippen LogP) is 5.47. The van der Waals surface area contributed by atoms with Crippen molar-refractivity contribution in [1.29, 1.82) is 0 Å². The molecule has 0 aliphatic carbocycles. The van der Waals surface area contributed by atoms with Gasteiger partial charge in [-0.2, -0.15) is 5.10 Å². The second kappa shape index (κ2) is 6.38. The summed E-state index contributed by atoms with van der Waals surface area (Å²) in [4.78, 5) is 0. The molecule has 0 fully saturated rings. The van der Waals surface area contributed by atoms with Crippen LogP contribution in [0.15, 0.2) is 12.1 Å². The maximum atomic E-state index is 10.6. The Labute approximate surface area is 140 Å². The Bertz CT molecular complexity index is 680. The molecule has 1 heterocycles. The molecule has 0 atom stereocenters. The van der Waals surface area contributed by atoms with Gasteiger partial charge in [0.05, 0.1) is 5.69 Å². The van der Waals surface area contributed by atoms with E-state index in [9.17, 15) is 5.11 Å². The topological polar surface area (TPSA) is 38.1 Å². The quantitative estimate of drug-likeness (QED) is 0.812. The van der Waals surface area contributed by atoms with Gasteiger partial charge in [-0.1, -0.05) is 53.7 Å². The molecule has 0 aliphatic heterocycles. The molecule has 3 nitrogen and oxygen atoms in total. The molecule has 0 spiro atoms. The third-order valence-electron chi connectivity index (χ3n) is 4.67. The number of rotatable bonds is 4. The molecule has 0 saturated carbocycles. The SMILES string of the molecule is Cc1c(O)c(-c2c(C(C)C)cc(C(C)C)cc2C(C)C)nn1C. The third kappa shape index (κ3) is 3.15. The first-order valence-electron chi connectivity index (χ1n) is 8.55. The van der Waals surface area contributed by atoms with Crippen LogP contribution < -0.4 is 0 Å². The van der Waals surface area contributed by atoms with Crippen molar-refractivity contribution in [2.75, 3.05) is 0 Å². The predicted molar refractivity (Wildman–Crippen MR) is 97.3 cm³/mol. The minimum absolute atomic E-state index is 0.300. The lowest BCUT2D eigenvalue weighted by atomic mass is 9.83. The lowest BCUT2D eigenvalue weighted by Crippen LogP contribution is -2.04. The summed E-state index contributed by atoms with van der Waals surface area (Å²) in [5, 5.41) is 15.2. The highest BCUT2D eigenvalue weighted by Crippen LogP contribution is 2.42. The van der Waals surface area contributed by atoms with Crippen molar-refractivity contribution in [1.82, 2.24) is 9.78 Å². The maximum absolute atomic E-state index is 10.6. The van der Waals surface area contributed by atoms with E-state index in [2.05, 4.69) is 58.8 Å². The third-order valence-corrected chi connectivity index (χ3v) is 4.67. The summed E-state index contributed by atoms with van der Waals surface area (Å²) in [7, 11) is 1.88. The molecule has 2 aromatic rings. The number of aryl methyl sites for hydroxylation is 1. The zero-order valence-corrected chi connectivity index (χ0v) is 15.7. The van der Waals surface area contributed by atoms with E-state index in [4.69, 9.17) is 0 Å². The number of benzene rings is 1. The fourth-order valence-electron chi connectivity index (χ4n) is 2.99. The van der Waals surface area contributed by atoms with Gasteiger partial charge in [0.15, 0.2) is 5.75 Å². The van der Waals surface area contributed by atoms with E-state index < -0.39 is 0 Å². The summed E-state index contributed by atoms with van der Waals surface area (Å²) in [5.74, 6) is 1.54. The Morgan fingerprint density at radius 2 is 1.39 bits per heavy atom. The molecule has 0 unspecified atom stereocenters. The molecular weight excluding hydrogens is 284 g/mol. The Balaban J connectivity index is 2.86. The molecule has 3 heteroatoms. The molecule has 1 aromatic carbocycles. The Morgan fingerprint density at radius 3 is 1.70 bits per heavy atom. The molecule has 23 heavy (non-hydrogen) atoms. The van der Waals surface area contributed by atoms with Crippen LogP contribution in [-0.2, 0) is 7.05 Å². The van der Waals surface area contributed by atoms with E-state index in [1.807, 2.05) is 14.0 Å². The van der Waals surface area contributed by atoms with E-state index in [1.165, 1.54) is 16.7 Å². The van der Waals surface area contributed by atoms with Gasteiger partial charge in [-0.15, -0.1) is 0 Å². The molecule has 1 N–H and O–H groups in total. The Hall–Kier alpha value is -1.77. The van der Waals surface area contributed by atoms with Gasteiger partial charge >= 0.3 is 0 Å². The van der Waals surface area contributed by atoms with Crippen LogP contribution in [0.2, 0.25) is 0 Å². The lowest BCUT2D eigenvalue weighted by molar-refractivity contribution is 0.471. The van der Waals surface area contributed by atoms with Gasteiger partial charge in [0.1, 0.15) is 5.69 Å². The average molecular weight is 314 g/mol. The van der Waals surface area contributed by atoms with E-state index in [0.29, 0.717) is 29.2 Å². The summed E-state index contributed by atoms with van der Waals surface area (Å²) in [6.45, 7) is 15.2. The molecule has 0 bridgehead atoms. The first-order chi connectivity index (χ1) is 10.6. The van der Waals surface area contributed by atoms with Crippen LogP contribution in [0.25, 0.3) is 11.3 Å². The van der Waals surface area contributed by atoms with Crippen molar-refractivity contribution in [3.8, 4) is 17.0 Å². The van der Waals surface area contributed by atoms with Gasteiger partial charge in [-0.25, -0.2) is 0 Å². The second-order valence-electron chi connectivity index (χ2n) is 7.44. The van der Waals surface area contributed by atoms with Crippen LogP contribution in [-0.4, -0.2) is 14.9 Å². The van der Waals surface area contributed by atoms with E-state index in [-0.39, 0.29) is 0 Å². The fourth-order valence-corrected chi connectivity index (χ4v) is 2.99. The summed E-state index contributed by atoms with van der Waals surface area (Å²) < 4.78 is 1.76. The largest absolute Gasteiger partial charge is 0.504 e. The van der Waals surface area contributed by atoms with Crippen molar-refractivity contribution < 1.29 is 5.11 Å². The smallest absolute Gasteiger partial charge is 0.164 e. The molecule has 0 amide bonds. The number of aromatic hydroxyl groups is 1. The summed E-state index contributed by atoms with van der Waals surface area (Å²) in [6.07, 6.45) is 0. The molecule has 1 aromatic heterocycles. The average Bonchev–Trinajstić information content (AvgIpc) is 2.73. The fraction of sp³-hybridized carbons (Fsp3) is 0.550. The van der Waals surface area contributed by atoms with Crippen molar-refractivity contribution in [2.45, 2.75) is 66.2 Å². The molecule has 0 aliphatic rings. The number of nitrogens with zero attached hydrogens (tertiary/aromatic N) is 2. The highest BCUT2D eigenvalue weighted by molar-refractivity contribution is 5.75. The summed E-state index contributed by atoms with van der Waals surface area (Å²) in [5.41, 5.74) is 6.53. The first kappa shape index (κ1) is 17.6. The summed E-state index contributed by atoms with van der Waals surface area (Å²) >= 11 is 0. The van der Waals surface area contributed by atoms with Gasteiger partial charge in [-0.05, 0) is 41.4 Å². The van der Waals surface area contributed by atoms with Gasteiger partial charge < -0.3 is 5.11 Å². The van der Waals surface area contributed by atoms with E-state index >= 15 is 0 Å². The van der Waals surface area contributed by atoms with Gasteiger partial charge in [-0.3, -0.25) is 4.68 Å². The van der Waals surface area contributed by atoms with Crippen molar-refractivity contribution in [3.05, 3.63) is 34.5 Å². The number of hydrogen-bond donors (Lipinski definition) is 1. The summed E-state index contributed by atoms with van der Waals surface area (Å²) in [6, 6.07) is 4.58. The normalized spacial score (nSPS) is 12.0. The van der Waals surface area contributed by atoms with Gasteiger partial charge in [0.25, 0.3) is 0 Å². The minimum atomic E-state index is 0.300. The van der Waals surface area contributed by atoms with E-state index in [0.717, 1.165) is 11.3 Å². The van der Waals surface area contributed by atoms with Crippen molar-refractivity contribution in [2.24, 2.45) is 7.05 Å². The monoisotopic (exact) mass is 314 g/mol. The molecule has 0 radical (unpaired) electrons. The zero-order valence-electron chi connectivity index (χ0n) is 15.7. The van der Waals surface area contributed by atoms with Crippen LogP contribution >= 0.6 is 0 Å². The Kier molecular flexibility index (Phi) is 4.88. The van der Waals surface area contributed by atoms with Crippen LogP contribution in [0.5, 0.6) is 5.75 Å². The zero-order chi connectivity index (χ0) is 17.5. The molecule has 0 saturated heterocycles. The standard InChI is InChI=1S/C20H30N2O/c1-11(2)15-9-16(12(3)4)18(17(10-15)13(5)6)19-20(23)14(7)22(8)21-19/h9-13,23H,1-8H3. The number of hydrogen-bond acceptors (Lipinski definition) is 2. The van der Waals surface area contributed by atoms with Crippen molar-refractivity contribution >= 4 is 0 Å². The molecular formula is C20H30N2O. The van der Waals surface area contributed by atoms with Gasteiger partial charge in [0, 0.05) is 12.6 Å². The first-order valence-corrected chi connectivity index (χ1v) is 8.55. The lowest BCUT2D eigenvalue weighted by Gasteiger charge is -2.22. The van der Waals surface area contributed by atoms with E-state index in [1.54, 1.807) is 4.68 Å².